The third-order valence-corrected chi connectivity index (χ3v) is 7.81. The first-order valence-electron chi connectivity index (χ1n) is 9.12. The van der Waals surface area contributed by atoms with Gasteiger partial charge in [-0.3, -0.25) is 4.79 Å². The normalized spacial score (nSPS) is 51.8. The number of hydrogen-bond donors (Lipinski definition) is 0. The molecule has 2 heteroatoms. The number of methoxy groups -OCH3 is 1. The Kier molecular flexibility index (Phi) is 2.60. The minimum atomic E-state index is 0.0300. The topological polar surface area (TPSA) is 26.3 Å². The number of carbonyl (C=O) groups is 1. The van der Waals surface area contributed by atoms with Crippen LogP contribution < -0.4 is 0 Å². The monoisotopic (exact) mass is 298 g/mol. The van der Waals surface area contributed by atoms with Gasteiger partial charge in [0.25, 0.3) is 0 Å². The number of ketones is 1. The molecule has 5 aliphatic rings. The molecule has 118 valence electrons. The number of rotatable bonds is 1. The molecule has 5 aliphatic carbocycles. The first kappa shape index (κ1) is 13.4. The summed E-state index contributed by atoms with van der Waals surface area (Å²) in [6, 6.07) is 0. The average Bonchev–Trinajstić information content (AvgIpc) is 3.28. The molecule has 0 bridgehead atoms. The van der Waals surface area contributed by atoms with Gasteiger partial charge in [-0.15, -0.1) is 0 Å². The van der Waals surface area contributed by atoms with Crippen molar-refractivity contribution in [3.05, 3.63) is 23.5 Å². The van der Waals surface area contributed by atoms with Crippen LogP contribution in [0, 0.1) is 40.9 Å². The van der Waals surface area contributed by atoms with Crippen molar-refractivity contribution in [2.24, 2.45) is 40.9 Å². The number of hydrogen-bond acceptors (Lipinski definition) is 2. The Hall–Kier alpha value is -1.05. The van der Waals surface area contributed by atoms with Gasteiger partial charge in [-0.05, 0) is 73.3 Å². The lowest BCUT2D eigenvalue weighted by Gasteiger charge is -2.51. The summed E-state index contributed by atoms with van der Waals surface area (Å²) in [7, 11) is 1.79. The standard InChI is InChI=1S/C20H26O2/c1-20-8-7-14-13-6-4-12(22-2)9-11(13)3-5-15(14)18(20)16-10-17(16)19(20)21/h3,9,13-18H,4-8,10H2,1-2H3/t13-,14?,15?,16+,17-,18?,20?/m0/s1. The fraction of sp³-hybridized carbons (Fsp3) is 0.750. The van der Waals surface area contributed by atoms with Crippen molar-refractivity contribution in [3.8, 4) is 0 Å². The molecule has 0 heterocycles. The smallest absolute Gasteiger partial charge is 0.142 e. The van der Waals surface area contributed by atoms with E-state index in [1.165, 1.54) is 31.3 Å². The van der Waals surface area contributed by atoms with Crippen LogP contribution in [0.5, 0.6) is 0 Å². The molecule has 22 heavy (non-hydrogen) atoms. The van der Waals surface area contributed by atoms with Crippen LogP contribution in [0.2, 0.25) is 0 Å². The predicted molar refractivity (Wildman–Crippen MR) is 84.9 cm³/mol. The highest BCUT2D eigenvalue weighted by Crippen LogP contribution is 2.70. The Morgan fingerprint density at radius 2 is 2.05 bits per heavy atom. The van der Waals surface area contributed by atoms with E-state index in [9.17, 15) is 4.79 Å². The first-order valence-corrected chi connectivity index (χ1v) is 9.12. The molecule has 0 saturated heterocycles. The van der Waals surface area contributed by atoms with Gasteiger partial charge in [0.05, 0.1) is 12.9 Å². The molecule has 2 nitrogen and oxygen atoms in total. The van der Waals surface area contributed by atoms with Gasteiger partial charge >= 0.3 is 0 Å². The minimum absolute atomic E-state index is 0.0300. The number of allylic oxidation sites excluding steroid dienone is 4. The van der Waals surface area contributed by atoms with Crippen LogP contribution >= 0.6 is 0 Å². The molecule has 0 N–H and O–H groups in total. The largest absolute Gasteiger partial charge is 0.501 e. The van der Waals surface area contributed by atoms with E-state index in [-0.39, 0.29) is 5.41 Å². The molecular formula is C20H26O2. The lowest BCUT2D eigenvalue weighted by Crippen LogP contribution is -2.47. The fourth-order valence-electron chi connectivity index (χ4n) is 6.76. The molecule has 0 aromatic carbocycles. The molecule has 0 aliphatic heterocycles. The predicted octanol–water partition coefficient (Wildman–Crippen LogP) is 4.12. The zero-order chi connectivity index (χ0) is 15.1. The van der Waals surface area contributed by atoms with Gasteiger partial charge < -0.3 is 4.74 Å². The lowest BCUT2D eigenvalue weighted by molar-refractivity contribution is -0.133. The Morgan fingerprint density at radius 3 is 2.86 bits per heavy atom. The molecule has 0 amide bonds. The molecule has 4 unspecified atom stereocenters. The second kappa shape index (κ2) is 4.27. The zero-order valence-corrected chi connectivity index (χ0v) is 13.7. The highest BCUT2D eigenvalue weighted by atomic mass is 16.5. The lowest BCUT2D eigenvalue weighted by atomic mass is 9.52. The summed E-state index contributed by atoms with van der Waals surface area (Å²) in [6.07, 6.45) is 11.9. The van der Waals surface area contributed by atoms with Crippen molar-refractivity contribution >= 4 is 5.78 Å². The van der Waals surface area contributed by atoms with Gasteiger partial charge in [-0.2, -0.15) is 0 Å². The SMILES string of the molecule is COC1=CC2=CCC3C(CCC4(C)C(=O)[C@H]5C[C@H]5C34)[C@H]2CC1. The van der Waals surface area contributed by atoms with Crippen LogP contribution in [-0.2, 0) is 9.53 Å². The van der Waals surface area contributed by atoms with E-state index in [4.69, 9.17) is 4.74 Å². The van der Waals surface area contributed by atoms with Gasteiger partial charge in [0.2, 0.25) is 0 Å². The molecule has 3 fully saturated rings. The molecule has 5 rings (SSSR count). The Morgan fingerprint density at radius 1 is 1.18 bits per heavy atom. The van der Waals surface area contributed by atoms with Crippen molar-refractivity contribution < 1.29 is 9.53 Å². The van der Waals surface area contributed by atoms with Crippen LogP contribution in [-0.4, -0.2) is 12.9 Å². The van der Waals surface area contributed by atoms with Gasteiger partial charge in [0.1, 0.15) is 5.78 Å². The maximum atomic E-state index is 12.7. The van der Waals surface area contributed by atoms with E-state index in [0.717, 1.165) is 42.3 Å². The van der Waals surface area contributed by atoms with Crippen molar-refractivity contribution in [1.29, 1.82) is 0 Å². The van der Waals surface area contributed by atoms with Gasteiger partial charge in [-0.1, -0.05) is 13.0 Å². The maximum absolute atomic E-state index is 12.7. The molecular weight excluding hydrogens is 272 g/mol. The molecule has 0 aromatic heterocycles. The summed E-state index contributed by atoms with van der Waals surface area (Å²) < 4.78 is 5.47. The molecule has 0 radical (unpaired) electrons. The molecule has 0 aromatic rings. The van der Waals surface area contributed by atoms with E-state index in [1.54, 1.807) is 7.11 Å². The van der Waals surface area contributed by atoms with Crippen molar-refractivity contribution in [2.45, 2.75) is 45.4 Å². The van der Waals surface area contributed by atoms with Crippen LogP contribution in [0.25, 0.3) is 0 Å². The first-order chi connectivity index (χ1) is 10.6. The fourth-order valence-corrected chi connectivity index (χ4v) is 6.76. The van der Waals surface area contributed by atoms with E-state index in [1.807, 2.05) is 0 Å². The molecule has 3 saturated carbocycles. The van der Waals surface area contributed by atoms with Crippen molar-refractivity contribution in [1.82, 2.24) is 0 Å². The Bertz CT molecular complexity index is 601. The number of ether oxygens (including phenoxy) is 1. The highest BCUT2D eigenvalue weighted by molar-refractivity contribution is 5.92. The summed E-state index contributed by atoms with van der Waals surface area (Å²) in [5.41, 5.74) is 1.56. The second-order valence-corrected chi connectivity index (χ2v) is 8.58. The van der Waals surface area contributed by atoms with E-state index >= 15 is 0 Å². The third-order valence-electron chi connectivity index (χ3n) is 7.81. The molecule has 0 spiro atoms. The number of fused-ring (bicyclic) bond motifs is 7. The second-order valence-electron chi connectivity index (χ2n) is 8.58. The average molecular weight is 298 g/mol. The van der Waals surface area contributed by atoms with Crippen LogP contribution in [0.3, 0.4) is 0 Å². The van der Waals surface area contributed by atoms with Gasteiger partial charge in [0.15, 0.2) is 0 Å². The van der Waals surface area contributed by atoms with Gasteiger partial charge in [-0.25, -0.2) is 0 Å². The van der Waals surface area contributed by atoms with E-state index in [2.05, 4.69) is 19.1 Å². The number of carbonyl (C=O) groups excluding carboxylic acids is 1. The highest BCUT2D eigenvalue weighted by Gasteiger charge is 2.69. The summed E-state index contributed by atoms with van der Waals surface area (Å²) in [6.45, 7) is 2.30. The Labute approximate surface area is 133 Å². The van der Waals surface area contributed by atoms with Crippen LogP contribution in [0.1, 0.15) is 45.4 Å². The molecule has 7 atom stereocenters. The van der Waals surface area contributed by atoms with E-state index < -0.39 is 0 Å². The summed E-state index contributed by atoms with van der Waals surface area (Å²) >= 11 is 0. The zero-order valence-electron chi connectivity index (χ0n) is 13.7. The van der Waals surface area contributed by atoms with Crippen LogP contribution in [0.4, 0.5) is 0 Å². The van der Waals surface area contributed by atoms with E-state index in [0.29, 0.717) is 17.6 Å². The Balaban J connectivity index is 1.50. The summed E-state index contributed by atoms with van der Waals surface area (Å²) in [4.78, 5) is 12.7. The summed E-state index contributed by atoms with van der Waals surface area (Å²) in [5, 5.41) is 0. The number of Topliss-reactive ketones (excluding diaryl/α,β-unsaturated/α-hetero) is 1. The van der Waals surface area contributed by atoms with Crippen LogP contribution in [0.15, 0.2) is 23.5 Å². The van der Waals surface area contributed by atoms with Crippen molar-refractivity contribution in [3.63, 3.8) is 0 Å². The summed E-state index contributed by atoms with van der Waals surface area (Å²) in [5.74, 6) is 5.98. The minimum Gasteiger partial charge on any atom is -0.501 e. The van der Waals surface area contributed by atoms with Crippen molar-refractivity contribution in [2.75, 3.05) is 7.11 Å². The quantitative estimate of drug-likeness (QED) is 0.728. The van der Waals surface area contributed by atoms with Gasteiger partial charge in [0, 0.05) is 17.8 Å². The maximum Gasteiger partial charge on any atom is 0.142 e. The third kappa shape index (κ3) is 1.54.